The molecule has 1 N–H and O–H groups in total. The van der Waals surface area contributed by atoms with Crippen molar-refractivity contribution in [3.8, 4) is 0 Å². The molecule has 6 heteroatoms. The Morgan fingerprint density at radius 1 is 0.968 bits per heavy atom. The minimum absolute atomic E-state index is 0.141. The third kappa shape index (κ3) is 4.97. The molecule has 3 aromatic carbocycles. The topological polar surface area (TPSA) is 66.5 Å². The molecule has 0 fully saturated rings. The molecule has 0 saturated heterocycles. The van der Waals surface area contributed by atoms with Gasteiger partial charge in [0.25, 0.3) is 15.9 Å². The van der Waals surface area contributed by atoms with Gasteiger partial charge in [-0.2, -0.15) is 0 Å². The fourth-order valence-electron chi connectivity index (χ4n) is 3.57. The number of nitrogens with one attached hydrogen (secondary N) is 1. The first-order chi connectivity index (χ1) is 14.7. The molecule has 3 aromatic rings. The number of hydrogen-bond donors (Lipinski definition) is 1. The Balaban J connectivity index is 1.78. The smallest absolute Gasteiger partial charge is 0.264 e. The summed E-state index contributed by atoms with van der Waals surface area (Å²) in [7, 11) is -3.67. The lowest BCUT2D eigenvalue weighted by molar-refractivity contribution is 0.0940. The quantitative estimate of drug-likeness (QED) is 0.566. The molecule has 0 saturated carbocycles. The number of amides is 1. The highest BCUT2D eigenvalue weighted by molar-refractivity contribution is 7.92. The number of sulfonamides is 1. The first-order valence-corrected chi connectivity index (χ1v) is 11.7. The van der Waals surface area contributed by atoms with Crippen molar-refractivity contribution in [1.29, 1.82) is 0 Å². The van der Waals surface area contributed by atoms with E-state index in [0.29, 0.717) is 11.3 Å². The van der Waals surface area contributed by atoms with Crippen LogP contribution in [0.5, 0.6) is 0 Å². The van der Waals surface area contributed by atoms with Crippen molar-refractivity contribution >= 4 is 21.6 Å². The number of carbonyl (C=O) groups is 1. The summed E-state index contributed by atoms with van der Waals surface area (Å²) in [6.45, 7) is 8.08. The molecule has 31 heavy (non-hydrogen) atoms. The molecule has 5 nitrogen and oxygen atoms in total. The maximum atomic E-state index is 13.0. The molecule has 0 bridgehead atoms. The minimum atomic E-state index is -3.67. The van der Waals surface area contributed by atoms with Crippen molar-refractivity contribution in [2.45, 2.75) is 38.6 Å². The van der Waals surface area contributed by atoms with E-state index in [0.717, 1.165) is 16.7 Å². The summed E-state index contributed by atoms with van der Waals surface area (Å²) in [6.07, 6.45) is 0. The van der Waals surface area contributed by atoms with Gasteiger partial charge in [0.05, 0.1) is 16.6 Å². The lowest BCUT2D eigenvalue weighted by Crippen LogP contribution is -2.31. The average molecular weight is 437 g/mol. The van der Waals surface area contributed by atoms with Crippen LogP contribution in [0.3, 0.4) is 0 Å². The summed E-state index contributed by atoms with van der Waals surface area (Å²) in [5.41, 5.74) is 4.35. The Kier molecular flexibility index (Phi) is 6.81. The summed E-state index contributed by atoms with van der Waals surface area (Å²) >= 11 is 0. The molecule has 0 aliphatic carbocycles. The molecule has 0 aliphatic rings. The van der Waals surface area contributed by atoms with Gasteiger partial charge in [0.2, 0.25) is 0 Å². The van der Waals surface area contributed by atoms with E-state index in [-0.39, 0.29) is 23.4 Å². The van der Waals surface area contributed by atoms with Crippen LogP contribution in [-0.2, 0) is 10.0 Å². The van der Waals surface area contributed by atoms with Crippen LogP contribution in [-0.4, -0.2) is 20.9 Å². The highest BCUT2D eigenvalue weighted by Crippen LogP contribution is 2.24. The van der Waals surface area contributed by atoms with E-state index in [1.165, 1.54) is 4.31 Å². The normalized spacial score (nSPS) is 12.3. The van der Waals surface area contributed by atoms with Crippen LogP contribution in [0, 0.1) is 13.8 Å². The SMILES string of the molecule is CCN(c1ccc(C(=O)N[C@H](C)c2cc(C)ccc2C)cc1)S(=O)(=O)c1ccccc1. The van der Waals surface area contributed by atoms with Crippen molar-refractivity contribution in [3.05, 3.63) is 95.1 Å². The Labute approximate surface area is 184 Å². The predicted octanol–water partition coefficient (Wildman–Crippen LogP) is 5.01. The maximum absolute atomic E-state index is 13.0. The van der Waals surface area contributed by atoms with E-state index in [1.807, 2.05) is 20.8 Å². The molecule has 0 aliphatic heterocycles. The fraction of sp³-hybridized carbons (Fsp3) is 0.240. The van der Waals surface area contributed by atoms with Gasteiger partial charge in [-0.25, -0.2) is 8.42 Å². The van der Waals surface area contributed by atoms with Gasteiger partial charge in [0, 0.05) is 12.1 Å². The molecule has 1 amide bonds. The number of hydrogen-bond acceptors (Lipinski definition) is 3. The standard InChI is InChI=1S/C25H28N2O3S/c1-5-27(31(29,30)23-9-7-6-8-10-23)22-15-13-21(14-16-22)25(28)26-20(4)24-17-18(2)11-12-19(24)3/h6-17,20H,5H2,1-4H3,(H,26,28)/t20-/m1/s1. The van der Waals surface area contributed by atoms with E-state index < -0.39 is 10.0 Å². The molecule has 162 valence electrons. The second-order valence-corrected chi connectivity index (χ2v) is 9.45. The van der Waals surface area contributed by atoms with Crippen LogP contribution in [0.25, 0.3) is 0 Å². The van der Waals surface area contributed by atoms with Gasteiger partial charge in [-0.3, -0.25) is 9.10 Å². The largest absolute Gasteiger partial charge is 0.346 e. The lowest BCUT2D eigenvalue weighted by atomic mass is 9.99. The van der Waals surface area contributed by atoms with Crippen molar-refractivity contribution in [2.24, 2.45) is 0 Å². The van der Waals surface area contributed by atoms with Gasteiger partial charge in [-0.15, -0.1) is 0 Å². The van der Waals surface area contributed by atoms with Crippen molar-refractivity contribution < 1.29 is 13.2 Å². The summed E-state index contributed by atoms with van der Waals surface area (Å²) in [6, 6.07) is 21.0. The van der Waals surface area contributed by atoms with Gasteiger partial charge in [-0.1, -0.05) is 42.0 Å². The number of benzene rings is 3. The van der Waals surface area contributed by atoms with E-state index in [2.05, 4.69) is 23.5 Å². The van der Waals surface area contributed by atoms with Crippen LogP contribution in [0.1, 0.15) is 46.9 Å². The lowest BCUT2D eigenvalue weighted by Gasteiger charge is -2.23. The van der Waals surface area contributed by atoms with E-state index in [9.17, 15) is 13.2 Å². The van der Waals surface area contributed by atoms with E-state index in [4.69, 9.17) is 0 Å². The van der Waals surface area contributed by atoms with Gasteiger partial charge >= 0.3 is 0 Å². The number of nitrogens with zero attached hydrogens (tertiary/aromatic N) is 1. The molecular weight excluding hydrogens is 408 g/mol. The van der Waals surface area contributed by atoms with Crippen LogP contribution in [0.4, 0.5) is 5.69 Å². The highest BCUT2D eigenvalue weighted by atomic mass is 32.2. The summed E-state index contributed by atoms with van der Waals surface area (Å²) in [5.74, 6) is -0.200. The van der Waals surface area contributed by atoms with E-state index >= 15 is 0 Å². The van der Waals surface area contributed by atoms with Gasteiger partial charge in [0.1, 0.15) is 0 Å². The van der Waals surface area contributed by atoms with Gasteiger partial charge < -0.3 is 5.32 Å². The maximum Gasteiger partial charge on any atom is 0.264 e. The molecular formula is C25H28N2O3S. The summed E-state index contributed by atoms with van der Waals surface area (Å²) in [4.78, 5) is 13.0. The predicted molar refractivity (Wildman–Crippen MR) is 125 cm³/mol. The zero-order valence-electron chi connectivity index (χ0n) is 18.3. The van der Waals surface area contributed by atoms with Crippen molar-refractivity contribution in [3.63, 3.8) is 0 Å². The highest BCUT2D eigenvalue weighted by Gasteiger charge is 2.23. The number of anilines is 1. The molecule has 0 radical (unpaired) electrons. The monoisotopic (exact) mass is 436 g/mol. The number of carbonyl (C=O) groups excluding carboxylic acids is 1. The molecule has 1 atom stereocenters. The Morgan fingerprint density at radius 2 is 1.61 bits per heavy atom. The molecule has 3 rings (SSSR count). The summed E-state index contributed by atoms with van der Waals surface area (Å²) < 4.78 is 27.3. The number of aryl methyl sites for hydroxylation is 2. The first-order valence-electron chi connectivity index (χ1n) is 10.3. The van der Waals surface area contributed by atoms with Crippen LogP contribution >= 0.6 is 0 Å². The van der Waals surface area contributed by atoms with Crippen LogP contribution in [0.2, 0.25) is 0 Å². The summed E-state index contributed by atoms with van der Waals surface area (Å²) in [5, 5.41) is 3.03. The van der Waals surface area contributed by atoms with E-state index in [1.54, 1.807) is 61.5 Å². The zero-order valence-corrected chi connectivity index (χ0v) is 19.1. The van der Waals surface area contributed by atoms with Crippen molar-refractivity contribution in [1.82, 2.24) is 5.32 Å². The number of rotatable bonds is 7. The third-order valence-electron chi connectivity index (χ3n) is 5.28. The Morgan fingerprint density at radius 3 is 2.23 bits per heavy atom. The van der Waals surface area contributed by atoms with Crippen LogP contribution in [0.15, 0.2) is 77.7 Å². The van der Waals surface area contributed by atoms with Gasteiger partial charge in [0.15, 0.2) is 0 Å². The van der Waals surface area contributed by atoms with Gasteiger partial charge in [-0.05, 0) is 75.2 Å². The Hall–Kier alpha value is -3.12. The third-order valence-corrected chi connectivity index (χ3v) is 7.20. The minimum Gasteiger partial charge on any atom is -0.346 e. The molecule has 0 heterocycles. The zero-order chi connectivity index (χ0) is 22.6. The second-order valence-electron chi connectivity index (χ2n) is 7.58. The first kappa shape index (κ1) is 22.6. The second kappa shape index (κ2) is 9.35. The van der Waals surface area contributed by atoms with Crippen LogP contribution < -0.4 is 9.62 Å². The molecule has 0 aromatic heterocycles. The Bertz CT molecular complexity index is 1160. The molecule has 0 spiro atoms. The molecule has 0 unspecified atom stereocenters. The average Bonchev–Trinajstić information content (AvgIpc) is 2.76. The fourth-order valence-corrected chi connectivity index (χ4v) is 5.07. The van der Waals surface area contributed by atoms with Crippen molar-refractivity contribution in [2.75, 3.05) is 10.8 Å².